The first-order valence-corrected chi connectivity index (χ1v) is 11.7. The molecule has 1 amide bonds. The number of sulfonamides is 1. The van der Waals surface area contributed by atoms with Crippen molar-refractivity contribution in [2.75, 3.05) is 18.5 Å². The van der Waals surface area contributed by atoms with Gasteiger partial charge in [0.2, 0.25) is 0 Å². The summed E-state index contributed by atoms with van der Waals surface area (Å²) in [5, 5.41) is 11.5. The van der Waals surface area contributed by atoms with E-state index in [1.807, 2.05) is 0 Å². The highest BCUT2D eigenvalue weighted by Gasteiger charge is 2.58. The molecule has 0 aliphatic carbocycles. The predicted octanol–water partition coefficient (Wildman–Crippen LogP) is 4.35. The molecule has 12 heteroatoms. The van der Waals surface area contributed by atoms with Crippen LogP contribution in [0.1, 0.15) is 16.7 Å². The smallest absolute Gasteiger partial charge is 0.416 e. The molecular formula is C23H17ClF3NO6S. The zero-order chi connectivity index (χ0) is 25.8. The summed E-state index contributed by atoms with van der Waals surface area (Å²) in [6, 6.07) is 11.0. The minimum atomic E-state index is -4.95. The molecule has 0 spiro atoms. The number of hydrogen-bond acceptors (Lipinski definition) is 6. The zero-order valence-corrected chi connectivity index (χ0v) is 19.7. The molecule has 0 fully saturated rings. The number of anilines is 1. The lowest BCUT2D eigenvalue weighted by Gasteiger charge is -2.26. The summed E-state index contributed by atoms with van der Waals surface area (Å²) in [4.78, 5) is 13.2. The molecular weight excluding hydrogens is 511 g/mol. The second-order valence-corrected chi connectivity index (χ2v) is 9.70. The lowest BCUT2D eigenvalue weighted by molar-refractivity contribution is -0.142. The highest BCUT2D eigenvalue weighted by Crippen LogP contribution is 2.50. The van der Waals surface area contributed by atoms with Gasteiger partial charge in [-0.15, -0.1) is 0 Å². The normalized spacial score (nSPS) is 17.9. The summed E-state index contributed by atoms with van der Waals surface area (Å²) in [5.74, 6) is -1.44. The highest BCUT2D eigenvalue weighted by atomic mass is 35.5. The molecule has 0 radical (unpaired) electrons. The lowest BCUT2D eigenvalue weighted by Crippen LogP contribution is -2.44. The molecule has 1 N–H and O–H groups in total. The minimum absolute atomic E-state index is 0.0271. The zero-order valence-electron chi connectivity index (χ0n) is 18.1. The van der Waals surface area contributed by atoms with Crippen molar-refractivity contribution >= 4 is 33.2 Å². The van der Waals surface area contributed by atoms with Crippen LogP contribution in [0.5, 0.6) is 11.5 Å². The van der Waals surface area contributed by atoms with Crippen LogP contribution in [0, 0.1) is 0 Å². The standard InChI is InChI=1S/C23H17ClF3NO6S/c1-33-14-8-10-20(19(12-14)34-2)35(31,32)28-18-9-7-13(24)11-17(18)22(30,21(28)29)15-5-3-4-6-16(15)23(25,26)27/h3-12,30H,1-2H3. The quantitative estimate of drug-likeness (QED) is 0.530. The Kier molecular flexibility index (Phi) is 5.98. The Morgan fingerprint density at radius 1 is 0.971 bits per heavy atom. The predicted molar refractivity (Wildman–Crippen MR) is 120 cm³/mol. The fourth-order valence-electron chi connectivity index (χ4n) is 3.98. The van der Waals surface area contributed by atoms with Crippen molar-refractivity contribution in [3.8, 4) is 11.5 Å². The van der Waals surface area contributed by atoms with Gasteiger partial charge in [-0.25, -0.2) is 8.42 Å². The molecule has 1 unspecified atom stereocenters. The molecule has 1 aliphatic heterocycles. The Labute approximate surface area is 203 Å². The first-order chi connectivity index (χ1) is 16.4. The summed E-state index contributed by atoms with van der Waals surface area (Å²) in [5.41, 5.74) is -5.90. The van der Waals surface area contributed by atoms with E-state index in [0.29, 0.717) is 6.07 Å². The Hall–Kier alpha value is -3.28. The summed E-state index contributed by atoms with van der Waals surface area (Å²) < 4.78 is 79.3. The van der Waals surface area contributed by atoms with Gasteiger partial charge in [-0.2, -0.15) is 17.5 Å². The maximum absolute atomic E-state index is 13.8. The summed E-state index contributed by atoms with van der Waals surface area (Å²) >= 11 is 6.03. The number of fused-ring (bicyclic) bond motifs is 1. The van der Waals surface area contributed by atoms with E-state index in [2.05, 4.69) is 0 Å². The van der Waals surface area contributed by atoms with E-state index >= 15 is 0 Å². The molecule has 3 aromatic carbocycles. The van der Waals surface area contributed by atoms with Crippen LogP contribution in [0.4, 0.5) is 18.9 Å². The van der Waals surface area contributed by atoms with Crippen LogP contribution in [0.25, 0.3) is 0 Å². The van der Waals surface area contributed by atoms with Gasteiger partial charge < -0.3 is 14.6 Å². The first-order valence-electron chi connectivity index (χ1n) is 9.88. The Morgan fingerprint density at radius 2 is 1.66 bits per heavy atom. The van der Waals surface area contributed by atoms with Gasteiger partial charge in [0, 0.05) is 22.2 Å². The number of benzene rings is 3. The van der Waals surface area contributed by atoms with Gasteiger partial charge in [0.25, 0.3) is 15.9 Å². The number of aliphatic hydroxyl groups is 1. The number of carbonyl (C=O) groups excluding carboxylic acids is 1. The Balaban J connectivity index is 2.00. The van der Waals surface area contributed by atoms with Gasteiger partial charge in [0.15, 0.2) is 5.60 Å². The van der Waals surface area contributed by atoms with Gasteiger partial charge in [0.1, 0.15) is 16.4 Å². The van der Waals surface area contributed by atoms with Gasteiger partial charge in [-0.3, -0.25) is 4.79 Å². The molecule has 1 aliphatic rings. The summed E-state index contributed by atoms with van der Waals surface area (Å²) in [6.45, 7) is 0. The highest BCUT2D eigenvalue weighted by molar-refractivity contribution is 7.93. The number of carbonyl (C=O) groups is 1. The monoisotopic (exact) mass is 527 g/mol. The second-order valence-electron chi connectivity index (χ2n) is 7.51. The van der Waals surface area contributed by atoms with E-state index in [0.717, 1.165) is 30.3 Å². The third-order valence-corrected chi connectivity index (χ3v) is 7.54. The van der Waals surface area contributed by atoms with E-state index in [1.54, 1.807) is 0 Å². The maximum Gasteiger partial charge on any atom is 0.416 e. The molecule has 0 bridgehead atoms. The topological polar surface area (TPSA) is 93.1 Å². The molecule has 7 nitrogen and oxygen atoms in total. The number of hydrogen-bond donors (Lipinski definition) is 1. The van der Waals surface area contributed by atoms with E-state index in [9.17, 15) is 31.5 Å². The van der Waals surface area contributed by atoms with Crippen LogP contribution in [-0.4, -0.2) is 33.7 Å². The van der Waals surface area contributed by atoms with Crippen LogP contribution in [0.2, 0.25) is 5.02 Å². The van der Waals surface area contributed by atoms with Crippen molar-refractivity contribution in [2.24, 2.45) is 0 Å². The SMILES string of the molecule is COc1ccc(S(=O)(=O)N2C(=O)C(O)(c3ccccc3C(F)(F)F)c3cc(Cl)ccc32)c(OC)c1. The summed E-state index contributed by atoms with van der Waals surface area (Å²) in [6.07, 6.45) is -4.95. The van der Waals surface area contributed by atoms with Crippen molar-refractivity contribution in [3.05, 3.63) is 82.4 Å². The van der Waals surface area contributed by atoms with Crippen LogP contribution in [0.3, 0.4) is 0 Å². The number of nitrogens with zero attached hydrogens (tertiary/aromatic N) is 1. The number of halogens is 4. The second kappa shape index (κ2) is 8.43. The van der Waals surface area contributed by atoms with Gasteiger partial charge in [0.05, 0.1) is 25.5 Å². The Morgan fingerprint density at radius 3 is 2.29 bits per heavy atom. The fraction of sp³-hybridized carbons (Fsp3) is 0.174. The van der Waals surface area contributed by atoms with Crippen molar-refractivity contribution in [1.82, 2.24) is 0 Å². The van der Waals surface area contributed by atoms with Crippen LogP contribution < -0.4 is 13.8 Å². The maximum atomic E-state index is 13.8. The van der Waals surface area contributed by atoms with Gasteiger partial charge >= 0.3 is 6.18 Å². The van der Waals surface area contributed by atoms with Gasteiger partial charge in [-0.05, 0) is 36.4 Å². The van der Waals surface area contributed by atoms with E-state index in [-0.39, 0.29) is 26.5 Å². The van der Waals surface area contributed by atoms with Crippen molar-refractivity contribution in [2.45, 2.75) is 16.7 Å². The summed E-state index contributed by atoms with van der Waals surface area (Å²) in [7, 11) is -2.24. The average Bonchev–Trinajstić information content (AvgIpc) is 3.05. The average molecular weight is 528 g/mol. The van der Waals surface area contributed by atoms with E-state index in [1.165, 1.54) is 38.5 Å². The van der Waals surface area contributed by atoms with Crippen molar-refractivity contribution in [3.63, 3.8) is 0 Å². The number of methoxy groups -OCH3 is 2. The minimum Gasteiger partial charge on any atom is -0.497 e. The van der Waals surface area contributed by atoms with Crippen LogP contribution in [-0.2, 0) is 26.6 Å². The van der Waals surface area contributed by atoms with E-state index < -0.39 is 49.3 Å². The number of amides is 1. The molecule has 0 saturated heterocycles. The molecule has 1 heterocycles. The van der Waals surface area contributed by atoms with E-state index in [4.69, 9.17) is 21.1 Å². The number of alkyl halides is 3. The molecule has 4 rings (SSSR count). The van der Waals surface area contributed by atoms with Gasteiger partial charge in [-0.1, -0.05) is 29.8 Å². The number of rotatable bonds is 5. The third kappa shape index (κ3) is 3.79. The lowest BCUT2D eigenvalue weighted by atomic mass is 9.84. The molecule has 35 heavy (non-hydrogen) atoms. The molecule has 0 aromatic heterocycles. The molecule has 1 atom stereocenters. The van der Waals surface area contributed by atoms with Crippen LogP contribution in [0.15, 0.2) is 65.6 Å². The molecule has 184 valence electrons. The number of ether oxygens (including phenoxy) is 2. The first kappa shape index (κ1) is 24.8. The van der Waals surface area contributed by atoms with Crippen LogP contribution >= 0.6 is 11.6 Å². The molecule has 0 saturated carbocycles. The Bertz CT molecular complexity index is 1440. The largest absolute Gasteiger partial charge is 0.497 e. The van der Waals surface area contributed by atoms with Crippen molar-refractivity contribution < 1.29 is 41.0 Å². The third-order valence-electron chi connectivity index (χ3n) is 5.57. The van der Waals surface area contributed by atoms with Crippen molar-refractivity contribution in [1.29, 1.82) is 0 Å². The molecule has 3 aromatic rings. The fourth-order valence-corrected chi connectivity index (χ4v) is 5.75.